The molecule has 4 aromatic rings. The van der Waals surface area contributed by atoms with Crippen molar-refractivity contribution < 1.29 is 13.6 Å². The molecule has 1 amide bonds. The Bertz CT molecular complexity index is 1070. The lowest BCUT2D eigenvalue weighted by Crippen LogP contribution is -2.12. The highest BCUT2D eigenvalue weighted by atomic mass is 19.1. The van der Waals surface area contributed by atoms with Gasteiger partial charge in [-0.05, 0) is 36.2 Å². The molecular formula is C21H16FNO2. The predicted molar refractivity (Wildman–Crippen MR) is 97.1 cm³/mol. The minimum Gasteiger partial charge on any atom is -0.456 e. The van der Waals surface area contributed by atoms with E-state index in [9.17, 15) is 9.18 Å². The first-order valence-corrected chi connectivity index (χ1v) is 8.15. The van der Waals surface area contributed by atoms with Gasteiger partial charge in [0.1, 0.15) is 17.0 Å². The van der Waals surface area contributed by atoms with Crippen molar-refractivity contribution in [3.05, 3.63) is 78.1 Å². The van der Waals surface area contributed by atoms with E-state index >= 15 is 0 Å². The van der Waals surface area contributed by atoms with Crippen molar-refractivity contribution in [2.45, 2.75) is 12.8 Å². The maximum absolute atomic E-state index is 13.6. The standard InChI is InChI=1S/C21H16FNO2/c22-18-7-3-1-5-14(18)9-12-21(24)23-15-10-11-17-16-6-2-4-8-19(16)25-20(17)13-15/h1-8,10-11,13H,9,12H2,(H,23,24). The van der Waals surface area contributed by atoms with Crippen molar-refractivity contribution in [3.63, 3.8) is 0 Å². The van der Waals surface area contributed by atoms with Crippen LogP contribution < -0.4 is 5.32 Å². The number of carbonyl (C=O) groups excluding carboxylic acids is 1. The Morgan fingerprint density at radius 3 is 2.56 bits per heavy atom. The summed E-state index contributed by atoms with van der Waals surface area (Å²) in [5.41, 5.74) is 2.77. The molecule has 0 unspecified atom stereocenters. The average Bonchev–Trinajstić information content (AvgIpc) is 2.99. The highest BCUT2D eigenvalue weighted by molar-refractivity contribution is 6.06. The van der Waals surface area contributed by atoms with E-state index in [1.807, 2.05) is 42.5 Å². The van der Waals surface area contributed by atoms with E-state index in [4.69, 9.17) is 4.42 Å². The average molecular weight is 333 g/mol. The van der Waals surface area contributed by atoms with Crippen LogP contribution >= 0.6 is 0 Å². The molecular weight excluding hydrogens is 317 g/mol. The van der Waals surface area contributed by atoms with Gasteiger partial charge in [-0.15, -0.1) is 0 Å². The van der Waals surface area contributed by atoms with Crippen LogP contribution in [0.25, 0.3) is 21.9 Å². The van der Waals surface area contributed by atoms with Crippen LogP contribution in [-0.4, -0.2) is 5.91 Å². The lowest BCUT2D eigenvalue weighted by Gasteiger charge is -2.06. The Kier molecular flexibility index (Phi) is 3.94. The van der Waals surface area contributed by atoms with Gasteiger partial charge < -0.3 is 9.73 Å². The molecule has 0 fully saturated rings. The third kappa shape index (κ3) is 3.11. The number of halogens is 1. The van der Waals surface area contributed by atoms with Gasteiger partial charge in [0.2, 0.25) is 5.91 Å². The van der Waals surface area contributed by atoms with Gasteiger partial charge in [0.05, 0.1) is 0 Å². The molecule has 3 nitrogen and oxygen atoms in total. The second kappa shape index (κ2) is 6.40. The second-order valence-electron chi connectivity index (χ2n) is 5.95. The fourth-order valence-electron chi connectivity index (χ4n) is 2.98. The van der Waals surface area contributed by atoms with Crippen LogP contribution in [0.5, 0.6) is 0 Å². The third-order valence-electron chi connectivity index (χ3n) is 4.24. The Morgan fingerprint density at radius 2 is 1.68 bits per heavy atom. The molecule has 0 radical (unpaired) electrons. The number of para-hydroxylation sites is 1. The topological polar surface area (TPSA) is 42.2 Å². The van der Waals surface area contributed by atoms with E-state index in [-0.39, 0.29) is 18.1 Å². The summed E-state index contributed by atoms with van der Waals surface area (Å²) in [4.78, 5) is 12.1. The van der Waals surface area contributed by atoms with Gasteiger partial charge in [-0.25, -0.2) is 4.39 Å². The molecule has 3 aromatic carbocycles. The number of rotatable bonds is 4. The van der Waals surface area contributed by atoms with Gasteiger partial charge in [0.25, 0.3) is 0 Å². The molecule has 1 N–H and O–H groups in total. The number of amides is 1. The zero-order chi connectivity index (χ0) is 17.2. The third-order valence-corrected chi connectivity index (χ3v) is 4.24. The van der Waals surface area contributed by atoms with E-state index in [1.54, 1.807) is 18.2 Å². The molecule has 4 heteroatoms. The lowest BCUT2D eigenvalue weighted by molar-refractivity contribution is -0.116. The molecule has 0 aliphatic heterocycles. The molecule has 25 heavy (non-hydrogen) atoms. The quantitative estimate of drug-likeness (QED) is 0.551. The fraction of sp³-hybridized carbons (Fsp3) is 0.0952. The number of benzene rings is 3. The molecule has 0 spiro atoms. The summed E-state index contributed by atoms with van der Waals surface area (Å²) >= 11 is 0. The van der Waals surface area contributed by atoms with E-state index in [0.29, 0.717) is 17.7 Å². The van der Waals surface area contributed by atoms with Crippen LogP contribution in [0, 0.1) is 5.82 Å². The number of nitrogens with one attached hydrogen (secondary N) is 1. The zero-order valence-corrected chi connectivity index (χ0v) is 13.5. The Labute approximate surface area is 144 Å². The van der Waals surface area contributed by atoms with Gasteiger partial charge in [-0.2, -0.15) is 0 Å². The zero-order valence-electron chi connectivity index (χ0n) is 13.5. The van der Waals surface area contributed by atoms with Crippen LogP contribution in [0.2, 0.25) is 0 Å². The first-order valence-electron chi connectivity index (χ1n) is 8.15. The smallest absolute Gasteiger partial charge is 0.224 e. The van der Waals surface area contributed by atoms with Gasteiger partial charge in [0.15, 0.2) is 0 Å². The van der Waals surface area contributed by atoms with Crippen molar-refractivity contribution in [3.8, 4) is 0 Å². The number of anilines is 1. The summed E-state index contributed by atoms with van der Waals surface area (Å²) < 4.78 is 19.4. The van der Waals surface area contributed by atoms with Gasteiger partial charge >= 0.3 is 0 Å². The van der Waals surface area contributed by atoms with Crippen LogP contribution in [0.15, 0.2) is 71.1 Å². The lowest BCUT2D eigenvalue weighted by atomic mass is 10.1. The first-order chi connectivity index (χ1) is 12.2. The normalized spacial score (nSPS) is 11.1. The van der Waals surface area contributed by atoms with Gasteiger partial charge in [-0.3, -0.25) is 4.79 Å². The second-order valence-corrected chi connectivity index (χ2v) is 5.95. The van der Waals surface area contributed by atoms with Crippen molar-refractivity contribution in [1.82, 2.24) is 0 Å². The number of hydrogen-bond donors (Lipinski definition) is 1. The largest absolute Gasteiger partial charge is 0.456 e. The summed E-state index contributed by atoms with van der Waals surface area (Å²) in [6, 6.07) is 19.9. The summed E-state index contributed by atoms with van der Waals surface area (Å²) in [7, 11) is 0. The SMILES string of the molecule is O=C(CCc1ccccc1F)Nc1ccc2c(c1)oc1ccccc12. The van der Waals surface area contributed by atoms with E-state index < -0.39 is 0 Å². The predicted octanol–water partition coefficient (Wildman–Crippen LogP) is 5.30. The molecule has 1 heterocycles. The number of aryl methyl sites for hydroxylation is 1. The molecule has 124 valence electrons. The number of furan rings is 1. The van der Waals surface area contributed by atoms with Crippen molar-refractivity contribution in [1.29, 1.82) is 0 Å². The highest BCUT2D eigenvalue weighted by Crippen LogP contribution is 2.30. The molecule has 4 rings (SSSR count). The molecule has 1 aromatic heterocycles. The molecule has 0 aliphatic carbocycles. The van der Waals surface area contributed by atoms with Crippen LogP contribution in [0.4, 0.5) is 10.1 Å². The van der Waals surface area contributed by atoms with Crippen LogP contribution in [-0.2, 0) is 11.2 Å². The van der Waals surface area contributed by atoms with Gasteiger partial charge in [-0.1, -0.05) is 36.4 Å². The monoisotopic (exact) mass is 333 g/mol. The summed E-state index contributed by atoms with van der Waals surface area (Å²) in [6.07, 6.45) is 0.588. The number of fused-ring (bicyclic) bond motifs is 3. The summed E-state index contributed by atoms with van der Waals surface area (Å²) in [5, 5.41) is 4.91. The maximum atomic E-state index is 13.6. The molecule has 0 bridgehead atoms. The van der Waals surface area contributed by atoms with Crippen LogP contribution in [0.3, 0.4) is 0 Å². The molecule has 0 aliphatic rings. The first kappa shape index (κ1) is 15.4. The Hall–Kier alpha value is -3.14. The Morgan fingerprint density at radius 1 is 0.920 bits per heavy atom. The fourth-order valence-corrected chi connectivity index (χ4v) is 2.98. The van der Waals surface area contributed by atoms with Crippen LogP contribution in [0.1, 0.15) is 12.0 Å². The minimum atomic E-state index is -0.279. The number of carbonyl (C=O) groups is 1. The number of hydrogen-bond acceptors (Lipinski definition) is 2. The van der Waals surface area contributed by atoms with Crippen molar-refractivity contribution in [2.75, 3.05) is 5.32 Å². The Balaban J connectivity index is 1.49. The maximum Gasteiger partial charge on any atom is 0.224 e. The highest BCUT2D eigenvalue weighted by Gasteiger charge is 2.09. The van der Waals surface area contributed by atoms with Crippen molar-refractivity contribution in [2.24, 2.45) is 0 Å². The van der Waals surface area contributed by atoms with Crippen molar-refractivity contribution >= 4 is 33.5 Å². The minimum absolute atomic E-state index is 0.154. The molecule has 0 atom stereocenters. The summed E-state index contributed by atoms with van der Waals surface area (Å²) in [6.45, 7) is 0. The van der Waals surface area contributed by atoms with E-state index in [2.05, 4.69) is 5.32 Å². The van der Waals surface area contributed by atoms with Gasteiger partial charge in [0, 0.05) is 28.9 Å². The molecule has 0 saturated heterocycles. The molecule has 0 saturated carbocycles. The summed E-state index contributed by atoms with van der Waals surface area (Å²) in [5.74, 6) is -0.433. The van der Waals surface area contributed by atoms with E-state index in [0.717, 1.165) is 21.9 Å². The van der Waals surface area contributed by atoms with E-state index in [1.165, 1.54) is 6.07 Å².